The summed E-state index contributed by atoms with van der Waals surface area (Å²) in [5.74, 6) is 0.722. The van der Waals surface area contributed by atoms with E-state index in [2.05, 4.69) is 27.4 Å². The molecule has 0 aliphatic rings. The molecule has 0 aliphatic carbocycles. The molecule has 0 unspecified atom stereocenters. The van der Waals surface area contributed by atoms with E-state index in [-0.39, 0.29) is 5.82 Å². The van der Waals surface area contributed by atoms with E-state index in [0.717, 1.165) is 31.5 Å². The molecule has 0 amide bonds. The molecule has 1 rings (SSSR count). The molecular formula is C12H21N7. The summed E-state index contributed by atoms with van der Waals surface area (Å²) in [6, 6.07) is 2.04. The molecule has 0 atom stereocenters. The summed E-state index contributed by atoms with van der Waals surface area (Å²) in [6.45, 7) is 3.58. The number of aliphatic imine (C=N–C) groups is 1. The number of rotatable bonds is 7. The van der Waals surface area contributed by atoms with E-state index in [9.17, 15) is 0 Å². The van der Waals surface area contributed by atoms with Gasteiger partial charge < -0.3 is 16.8 Å². The molecule has 0 fully saturated rings. The maximum atomic E-state index is 8.91. The molecule has 0 radical (unpaired) electrons. The van der Waals surface area contributed by atoms with Gasteiger partial charge in [0.15, 0.2) is 11.8 Å². The summed E-state index contributed by atoms with van der Waals surface area (Å²) < 4.78 is 0. The van der Waals surface area contributed by atoms with Gasteiger partial charge in [-0.3, -0.25) is 10.1 Å². The van der Waals surface area contributed by atoms with E-state index < -0.39 is 0 Å². The standard InChI is InChI=1S/C12H21N7/c1-2-3-6-16-12(15)17-7-4-5-10-9(8-13)11(14)19-18-10/h2-7H2,1H3,(H3,14,18,19)(H3,15,16,17). The number of nitrogens with one attached hydrogen (secondary N) is 2. The number of guanidine groups is 1. The summed E-state index contributed by atoms with van der Waals surface area (Å²) in [4.78, 5) is 4.21. The van der Waals surface area contributed by atoms with Gasteiger partial charge in [-0.05, 0) is 19.3 Å². The van der Waals surface area contributed by atoms with Gasteiger partial charge in [-0.2, -0.15) is 10.4 Å². The Balaban J connectivity index is 2.30. The zero-order valence-corrected chi connectivity index (χ0v) is 11.2. The second kappa shape index (κ2) is 7.97. The zero-order valence-electron chi connectivity index (χ0n) is 11.2. The van der Waals surface area contributed by atoms with Crippen molar-refractivity contribution in [2.45, 2.75) is 32.6 Å². The van der Waals surface area contributed by atoms with Crippen molar-refractivity contribution in [3.05, 3.63) is 11.3 Å². The van der Waals surface area contributed by atoms with Crippen LogP contribution in [0.3, 0.4) is 0 Å². The Morgan fingerprint density at radius 3 is 3.00 bits per heavy atom. The Hall–Kier alpha value is -2.23. The van der Waals surface area contributed by atoms with Crippen molar-refractivity contribution in [1.82, 2.24) is 15.5 Å². The van der Waals surface area contributed by atoms with E-state index in [4.69, 9.17) is 16.7 Å². The van der Waals surface area contributed by atoms with Crippen molar-refractivity contribution >= 4 is 11.8 Å². The van der Waals surface area contributed by atoms with Gasteiger partial charge >= 0.3 is 0 Å². The quantitative estimate of drug-likeness (QED) is 0.323. The first-order chi connectivity index (χ1) is 9.19. The number of aryl methyl sites for hydroxylation is 1. The highest BCUT2D eigenvalue weighted by Gasteiger charge is 2.08. The Morgan fingerprint density at radius 1 is 1.53 bits per heavy atom. The van der Waals surface area contributed by atoms with Crippen molar-refractivity contribution in [1.29, 1.82) is 5.26 Å². The van der Waals surface area contributed by atoms with Crippen molar-refractivity contribution in [2.24, 2.45) is 10.7 Å². The van der Waals surface area contributed by atoms with Crippen LogP contribution in [0.15, 0.2) is 4.99 Å². The Kier molecular flexibility index (Phi) is 6.22. The third kappa shape index (κ3) is 4.87. The molecule has 0 aliphatic heterocycles. The SMILES string of the molecule is CCCCNC(N)=NCCCc1[nH]nc(N)c1C#N. The van der Waals surface area contributed by atoms with Crippen molar-refractivity contribution in [2.75, 3.05) is 18.8 Å². The highest BCUT2D eigenvalue weighted by Crippen LogP contribution is 2.13. The molecule has 1 aromatic rings. The first-order valence-electron chi connectivity index (χ1n) is 6.45. The second-order valence-electron chi connectivity index (χ2n) is 4.23. The van der Waals surface area contributed by atoms with E-state index in [1.807, 2.05) is 6.07 Å². The number of unbranched alkanes of at least 4 members (excludes halogenated alkanes) is 1. The topological polar surface area (TPSA) is 129 Å². The molecule has 0 aromatic carbocycles. The van der Waals surface area contributed by atoms with Gasteiger partial charge in [-0.15, -0.1) is 0 Å². The Morgan fingerprint density at radius 2 is 2.32 bits per heavy atom. The van der Waals surface area contributed by atoms with E-state index in [1.165, 1.54) is 0 Å². The van der Waals surface area contributed by atoms with Crippen LogP contribution in [0.5, 0.6) is 0 Å². The predicted octanol–water partition coefficient (Wildman–Crippen LogP) is 0.501. The maximum Gasteiger partial charge on any atom is 0.188 e. The van der Waals surface area contributed by atoms with Crippen molar-refractivity contribution in [3.8, 4) is 6.07 Å². The summed E-state index contributed by atoms with van der Waals surface area (Å²) >= 11 is 0. The summed E-state index contributed by atoms with van der Waals surface area (Å²) in [7, 11) is 0. The number of nitrogens with two attached hydrogens (primary N) is 2. The number of nitriles is 1. The van der Waals surface area contributed by atoms with Gasteiger partial charge in [0.05, 0.1) is 5.69 Å². The lowest BCUT2D eigenvalue weighted by molar-refractivity contribution is 0.742. The third-order valence-electron chi connectivity index (χ3n) is 2.68. The molecule has 1 heterocycles. The molecule has 0 spiro atoms. The summed E-state index contributed by atoms with van der Waals surface area (Å²) in [6.07, 6.45) is 3.67. The number of anilines is 1. The maximum absolute atomic E-state index is 8.91. The largest absolute Gasteiger partial charge is 0.381 e. The minimum absolute atomic E-state index is 0.252. The number of H-pyrrole nitrogens is 1. The van der Waals surface area contributed by atoms with Crippen LogP contribution in [0.25, 0.3) is 0 Å². The lowest BCUT2D eigenvalue weighted by atomic mass is 10.1. The van der Waals surface area contributed by atoms with Crippen LogP contribution in [-0.2, 0) is 6.42 Å². The van der Waals surface area contributed by atoms with Gasteiger partial charge in [0.1, 0.15) is 11.6 Å². The number of aromatic amines is 1. The monoisotopic (exact) mass is 263 g/mol. The fourth-order valence-corrected chi connectivity index (χ4v) is 1.60. The molecule has 104 valence electrons. The van der Waals surface area contributed by atoms with Crippen LogP contribution in [0.1, 0.15) is 37.4 Å². The van der Waals surface area contributed by atoms with Gasteiger partial charge in [0.25, 0.3) is 0 Å². The molecular weight excluding hydrogens is 242 g/mol. The molecule has 19 heavy (non-hydrogen) atoms. The number of hydrogen-bond donors (Lipinski definition) is 4. The van der Waals surface area contributed by atoms with Gasteiger partial charge in [0, 0.05) is 13.1 Å². The van der Waals surface area contributed by atoms with Gasteiger partial charge in [-0.25, -0.2) is 0 Å². The smallest absolute Gasteiger partial charge is 0.188 e. The van der Waals surface area contributed by atoms with E-state index in [0.29, 0.717) is 24.5 Å². The molecule has 7 nitrogen and oxygen atoms in total. The second-order valence-corrected chi connectivity index (χ2v) is 4.23. The molecule has 7 heteroatoms. The van der Waals surface area contributed by atoms with Crippen LogP contribution >= 0.6 is 0 Å². The average molecular weight is 263 g/mol. The molecule has 0 bridgehead atoms. The number of nitrogen functional groups attached to an aromatic ring is 1. The molecule has 0 saturated heterocycles. The lowest BCUT2D eigenvalue weighted by Gasteiger charge is -2.04. The van der Waals surface area contributed by atoms with E-state index in [1.54, 1.807) is 0 Å². The minimum Gasteiger partial charge on any atom is -0.381 e. The van der Waals surface area contributed by atoms with Crippen molar-refractivity contribution < 1.29 is 0 Å². The van der Waals surface area contributed by atoms with Crippen LogP contribution in [0, 0.1) is 11.3 Å². The average Bonchev–Trinajstić information content (AvgIpc) is 2.75. The molecule has 1 aromatic heterocycles. The van der Waals surface area contributed by atoms with Crippen LogP contribution in [-0.4, -0.2) is 29.2 Å². The summed E-state index contributed by atoms with van der Waals surface area (Å²) in [5.41, 5.74) is 12.4. The first kappa shape index (κ1) is 14.8. The van der Waals surface area contributed by atoms with Crippen LogP contribution < -0.4 is 16.8 Å². The number of nitrogens with zero attached hydrogens (tertiary/aromatic N) is 3. The number of hydrogen-bond acceptors (Lipinski definition) is 4. The van der Waals surface area contributed by atoms with Crippen LogP contribution in [0.2, 0.25) is 0 Å². The normalized spacial score (nSPS) is 11.3. The Labute approximate surface area is 113 Å². The Bertz CT molecular complexity index is 455. The molecule has 0 saturated carbocycles. The third-order valence-corrected chi connectivity index (χ3v) is 2.68. The summed E-state index contributed by atoms with van der Waals surface area (Å²) in [5, 5.41) is 18.5. The highest BCUT2D eigenvalue weighted by atomic mass is 15.2. The van der Waals surface area contributed by atoms with Gasteiger partial charge in [0.2, 0.25) is 0 Å². The fraction of sp³-hybridized carbons (Fsp3) is 0.583. The highest BCUT2D eigenvalue weighted by molar-refractivity contribution is 5.77. The minimum atomic E-state index is 0.252. The predicted molar refractivity (Wildman–Crippen MR) is 75.4 cm³/mol. The number of aromatic nitrogens is 2. The molecule has 6 N–H and O–H groups in total. The van der Waals surface area contributed by atoms with Crippen LogP contribution in [0.4, 0.5) is 5.82 Å². The first-order valence-corrected chi connectivity index (χ1v) is 6.45. The zero-order chi connectivity index (χ0) is 14.1. The van der Waals surface area contributed by atoms with Gasteiger partial charge in [-0.1, -0.05) is 13.3 Å². The lowest BCUT2D eigenvalue weighted by Crippen LogP contribution is -2.32. The fourth-order valence-electron chi connectivity index (χ4n) is 1.60. The van der Waals surface area contributed by atoms with E-state index >= 15 is 0 Å². The van der Waals surface area contributed by atoms with Crippen molar-refractivity contribution in [3.63, 3.8) is 0 Å².